The maximum Gasteiger partial charge on any atom is 0.243 e. The first-order chi connectivity index (χ1) is 11.3. The highest BCUT2D eigenvalue weighted by Gasteiger charge is 2.28. The van der Waals surface area contributed by atoms with Gasteiger partial charge in [-0.1, -0.05) is 31.1 Å². The average molecular weight is 333 g/mol. The largest absolute Gasteiger partial charge is 0.360 e. The van der Waals surface area contributed by atoms with Crippen LogP contribution in [0, 0.1) is 6.92 Å². The van der Waals surface area contributed by atoms with Crippen molar-refractivity contribution < 1.29 is 9.05 Å². The molecule has 1 saturated heterocycles. The van der Waals surface area contributed by atoms with Crippen molar-refractivity contribution in [3.05, 3.63) is 29.2 Å². The van der Waals surface area contributed by atoms with Crippen LogP contribution in [0.2, 0.25) is 0 Å². The monoisotopic (exact) mass is 333 g/mol. The van der Waals surface area contributed by atoms with Gasteiger partial charge in [0.05, 0.1) is 18.3 Å². The van der Waals surface area contributed by atoms with Crippen LogP contribution in [0.25, 0.3) is 0 Å². The molecule has 0 amide bonds. The molecule has 3 heterocycles. The third-order valence-electron chi connectivity index (χ3n) is 4.48. The first kappa shape index (κ1) is 17.1. The number of rotatable bonds is 4. The van der Waals surface area contributed by atoms with E-state index in [1.165, 1.54) is 0 Å². The number of piperazine rings is 1. The quantitative estimate of drug-likeness (QED) is 0.851. The van der Waals surface area contributed by atoms with Crippen LogP contribution in [-0.2, 0) is 12.0 Å². The smallest absolute Gasteiger partial charge is 0.243 e. The Labute approximate surface area is 143 Å². The number of aryl methyl sites for hydroxylation is 1. The molecule has 2 aromatic rings. The van der Waals surface area contributed by atoms with E-state index in [0.29, 0.717) is 5.89 Å². The minimum absolute atomic E-state index is 0.0879. The van der Waals surface area contributed by atoms with E-state index in [-0.39, 0.29) is 11.5 Å². The van der Waals surface area contributed by atoms with E-state index in [4.69, 9.17) is 9.05 Å². The molecule has 3 rings (SSSR count). The molecule has 0 aromatic carbocycles. The second-order valence-electron chi connectivity index (χ2n) is 7.63. The van der Waals surface area contributed by atoms with Gasteiger partial charge in [0, 0.05) is 37.7 Å². The first-order valence-electron chi connectivity index (χ1n) is 8.55. The van der Waals surface area contributed by atoms with Gasteiger partial charge in [0.25, 0.3) is 0 Å². The second-order valence-corrected chi connectivity index (χ2v) is 7.63. The lowest BCUT2D eigenvalue weighted by atomic mass is 9.96. The summed E-state index contributed by atoms with van der Waals surface area (Å²) in [6.07, 6.45) is 0. The summed E-state index contributed by atoms with van der Waals surface area (Å²) in [7, 11) is 0. The minimum atomic E-state index is -0.0879. The second kappa shape index (κ2) is 6.64. The predicted octanol–water partition coefficient (Wildman–Crippen LogP) is 2.54. The van der Waals surface area contributed by atoms with Gasteiger partial charge in [0.1, 0.15) is 0 Å². The van der Waals surface area contributed by atoms with Crippen molar-refractivity contribution >= 4 is 0 Å². The molecule has 1 unspecified atom stereocenters. The van der Waals surface area contributed by atoms with Crippen molar-refractivity contribution in [3.63, 3.8) is 0 Å². The van der Waals surface area contributed by atoms with E-state index in [0.717, 1.165) is 50.0 Å². The van der Waals surface area contributed by atoms with Crippen LogP contribution >= 0.6 is 0 Å². The summed E-state index contributed by atoms with van der Waals surface area (Å²) in [4.78, 5) is 9.37. The van der Waals surface area contributed by atoms with E-state index in [1.54, 1.807) is 0 Å². The van der Waals surface area contributed by atoms with Crippen molar-refractivity contribution in [2.24, 2.45) is 0 Å². The Balaban J connectivity index is 1.55. The van der Waals surface area contributed by atoms with Crippen LogP contribution in [0.3, 0.4) is 0 Å². The van der Waals surface area contributed by atoms with Gasteiger partial charge in [0.2, 0.25) is 5.89 Å². The van der Waals surface area contributed by atoms with Crippen LogP contribution in [0.4, 0.5) is 0 Å². The van der Waals surface area contributed by atoms with E-state index in [9.17, 15) is 0 Å². The maximum atomic E-state index is 5.49. The summed E-state index contributed by atoms with van der Waals surface area (Å²) in [5.41, 5.74) is 0.846. The van der Waals surface area contributed by atoms with Crippen molar-refractivity contribution in [2.45, 2.75) is 52.6 Å². The van der Waals surface area contributed by atoms with Gasteiger partial charge >= 0.3 is 0 Å². The zero-order valence-corrected chi connectivity index (χ0v) is 15.2. The van der Waals surface area contributed by atoms with Gasteiger partial charge in [-0.2, -0.15) is 4.98 Å². The molecular formula is C17H27N5O2. The molecule has 1 aliphatic rings. The van der Waals surface area contributed by atoms with Crippen LogP contribution < -0.4 is 0 Å². The highest BCUT2D eigenvalue weighted by Crippen LogP contribution is 2.24. The molecule has 7 nitrogen and oxygen atoms in total. The lowest BCUT2D eigenvalue weighted by molar-refractivity contribution is 0.0795. The highest BCUT2D eigenvalue weighted by atomic mass is 16.5. The molecular weight excluding hydrogens is 306 g/mol. The summed E-state index contributed by atoms with van der Waals surface area (Å²) in [5.74, 6) is 2.41. The van der Waals surface area contributed by atoms with E-state index < -0.39 is 0 Å². The van der Waals surface area contributed by atoms with Gasteiger partial charge < -0.3 is 9.05 Å². The van der Waals surface area contributed by atoms with E-state index >= 15 is 0 Å². The van der Waals surface area contributed by atoms with Crippen LogP contribution in [0.5, 0.6) is 0 Å². The first-order valence-corrected chi connectivity index (χ1v) is 8.55. The molecule has 0 aliphatic carbocycles. The molecule has 132 valence electrons. The van der Waals surface area contributed by atoms with Crippen LogP contribution in [-0.4, -0.2) is 51.3 Å². The summed E-state index contributed by atoms with van der Waals surface area (Å²) in [5, 5.41) is 8.08. The zero-order valence-electron chi connectivity index (χ0n) is 15.2. The van der Waals surface area contributed by atoms with Gasteiger partial charge in [-0.25, -0.2) is 0 Å². The minimum Gasteiger partial charge on any atom is -0.360 e. The normalized spacial score (nSPS) is 18.9. The molecule has 0 bridgehead atoms. The van der Waals surface area contributed by atoms with Crippen LogP contribution in [0.15, 0.2) is 15.1 Å². The highest BCUT2D eigenvalue weighted by molar-refractivity contribution is 5.04. The summed E-state index contributed by atoms with van der Waals surface area (Å²) in [6.45, 7) is 15.1. The Morgan fingerprint density at radius 1 is 1.12 bits per heavy atom. The topological polar surface area (TPSA) is 71.4 Å². The Morgan fingerprint density at radius 3 is 2.38 bits per heavy atom. The molecule has 1 atom stereocenters. The Kier molecular flexibility index (Phi) is 4.73. The molecule has 24 heavy (non-hydrogen) atoms. The fraction of sp³-hybridized carbons (Fsp3) is 0.706. The van der Waals surface area contributed by atoms with Gasteiger partial charge in [-0.05, 0) is 13.8 Å². The summed E-state index contributed by atoms with van der Waals surface area (Å²) in [6, 6.07) is 2.14. The van der Waals surface area contributed by atoms with Crippen molar-refractivity contribution in [1.82, 2.24) is 25.1 Å². The van der Waals surface area contributed by atoms with E-state index in [2.05, 4.69) is 52.8 Å². The Morgan fingerprint density at radius 2 is 1.83 bits per heavy atom. The number of hydrogen-bond donors (Lipinski definition) is 0. The third kappa shape index (κ3) is 3.84. The lowest BCUT2D eigenvalue weighted by Crippen LogP contribution is -2.46. The molecule has 7 heteroatoms. The fourth-order valence-corrected chi connectivity index (χ4v) is 2.89. The average Bonchev–Trinajstić information content (AvgIpc) is 3.16. The van der Waals surface area contributed by atoms with Crippen molar-refractivity contribution in [1.29, 1.82) is 0 Å². The van der Waals surface area contributed by atoms with Gasteiger partial charge in [0.15, 0.2) is 11.6 Å². The number of aromatic nitrogens is 3. The predicted molar refractivity (Wildman–Crippen MR) is 89.5 cm³/mol. The van der Waals surface area contributed by atoms with Crippen molar-refractivity contribution in [3.8, 4) is 0 Å². The molecule has 2 aromatic heterocycles. The fourth-order valence-electron chi connectivity index (χ4n) is 2.89. The molecule has 0 spiro atoms. The van der Waals surface area contributed by atoms with Gasteiger partial charge in [-0.15, -0.1) is 0 Å². The molecule has 0 radical (unpaired) electrons. The van der Waals surface area contributed by atoms with Gasteiger partial charge in [-0.3, -0.25) is 9.80 Å². The zero-order chi connectivity index (χ0) is 17.3. The maximum absolute atomic E-state index is 5.49. The Hall–Kier alpha value is -1.73. The number of hydrogen-bond acceptors (Lipinski definition) is 7. The summed E-state index contributed by atoms with van der Waals surface area (Å²) >= 11 is 0. The molecule has 1 aliphatic heterocycles. The Bertz CT molecular complexity index is 665. The lowest BCUT2D eigenvalue weighted by Gasteiger charge is -2.36. The number of nitrogens with zero attached hydrogens (tertiary/aromatic N) is 5. The summed E-state index contributed by atoms with van der Waals surface area (Å²) < 4.78 is 10.8. The third-order valence-corrected chi connectivity index (χ3v) is 4.48. The SMILES string of the molecule is Cc1cc(CN2CCN(C(C)c3nc(C(C)(C)C)no3)CC2)on1. The van der Waals surface area contributed by atoms with Crippen LogP contribution in [0.1, 0.15) is 56.9 Å². The molecule has 1 fully saturated rings. The standard InChI is InChI=1S/C17H27N5O2/c1-12-10-14(23-19-12)11-21-6-8-22(9-7-21)13(2)15-18-16(20-24-15)17(3,4)5/h10,13H,6-9,11H2,1-5H3. The van der Waals surface area contributed by atoms with E-state index in [1.807, 2.05) is 13.0 Å². The molecule has 0 N–H and O–H groups in total. The van der Waals surface area contributed by atoms with Crippen molar-refractivity contribution in [2.75, 3.05) is 26.2 Å². The molecule has 0 saturated carbocycles.